The van der Waals surface area contributed by atoms with Gasteiger partial charge in [0.25, 0.3) is 20.2 Å². The van der Waals surface area contributed by atoms with Gasteiger partial charge in [-0.25, -0.2) is 0 Å². The number of carbonyl (C=O) groups is 2. The van der Waals surface area contributed by atoms with Gasteiger partial charge in [0.2, 0.25) is 0 Å². The maximum Gasteiger partial charge on any atom is 0.296 e. The monoisotopic (exact) mass is 466 g/mol. The molecule has 14 heteroatoms. The summed E-state index contributed by atoms with van der Waals surface area (Å²) in [6.45, 7) is 0. The summed E-state index contributed by atoms with van der Waals surface area (Å²) >= 11 is 11.9. The largest absolute Gasteiger partial charge is 0.396 e. The molecule has 0 bridgehead atoms. The van der Waals surface area contributed by atoms with Crippen LogP contribution in [0, 0.1) is 0 Å². The molecule has 0 fully saturated rings. The third-order valence-electron chi connectivity index (χ3n) is 4.03. The van der Waals surface area contributed by atoms with Gasteiger partial charge in [-0.05, 0) is 12.1 Å². The van der Waals surface area contributed by atoms with Gasteiger partial charge in [-0.1, -0.05) is 23.2 Å². The highest BCUT2D eigenvalue weighted by Crippen LogP contribution is 2.43. The normalized spacial score (nSPS) is 14.0. The zero-order chi connectivity index (χ0) is 21.3. The molecule has 6 N–H and O–H groups in total. The first kappa shape index (κ1) is 20.5. The van der Waals surface area contributed by atoms with Gasteiger partial charge in [-0.3, -0.25) is 18.7 Å². The van der Waals surface area contributed by atoms with Gasteiger partial charge < -0.3 is 11.5 Å². The van der Waals surface area contributed by atoms with Gasteiger partial charge in [0.15, 0.2) is 11.6 Å². The molecule has 0 radical (unpaired) electrons. The smallest absolute Gasteiger partial charge is 0.296 e. The fourth-order valence-corrected chi connectivity index (χ4v) is 4.77. The zero-order valence-electron chi connectivity index (χ0n) is 13.2. The lowest BCUT2D eigenvalue weighted by Crippen LogP contribution is -2.25. The van der Waals surface area contributed by atoms with Gasteiger partial charge >= 0.3 is 0 Å². The van der Waals surface area contributed by atoms with E-state index in [1.54, 1.807) is 0 Å². The van der Waals surface area contributed by atoms with E-state index in [1.165, 1.54) is 0 Å². The van der Waals surface area contributed by atoms with Crippen molar-refractivity contribution in [3.63, 3.8) is 0 Å². The summed E-state index contributed by atoms with van der Waals surface area (Å²) in [5, 5.41) is -1.29. The van der Waals surface area contributed by atoms with Crippen molar-refractivity contribution in [2.75, 3.05) is 11.5 Å². The highest BCUT2D eigenvalue weighted by molar-refractivity contribution is 7.86. The Labute approximate surface area is 167 Å². The molecular formula is C14H8Cl2N2O8S2. The minimum absolute atomic E-state index is 0.522. The Bertz CT molecular complexity index is 1230. The summed E-state index contributed by atoms with van der Waals surface area (Å²) in [4.78, 5) is 23.9. The Morgan fingerprint density at radius 3 is 1.25 bits per heavy atom. The second-order valence-electron chi connectivity index (χ2n) is 5.66. The number of rotatable bonds is 2. The highest BCUT2D eigenvalue weighted by Gasteiger charge is 2.38. The molecule has 3 rings (SSSR count). The van der Waals surface area contributed by atoms with Gasteiger partial charge in [-0.15, -0.1) is 0 Å². The Balaban J connectivity index is 2.47. The highest BCUT2D eigenvalue weighted by atomic mass is 35.5. The molecule has 0 heterocycles. The van der Waals surface area contributed by atoms with Crippen molar-refractivity contribution >= 4 is 66.4 Å². The van der Waals surface area contributed by atoms with Crippen molar-refractivity contribution in [3.8, 4) is 0 Å². The van der Waals surface area contributed by atoms with E-state index in [9.17, 15) is 35.5 Å². The molecule has 10 nitrogen and oxygen atoms in total. The quantitative estimate of drug-likeness (QED) is 0.316. The second kappa shape index (κ2) is 6.14. The van der Waals surface area contributed by atoms with Crippen LogP contribution < -0.4 is 11.5 Å². The number of hydrogen-bond donors (Lipinski definition) is 4. The third-order valence-corrected chi connectivity index (χ3v) is 6.60. The van der Waals surface area contributed by atoms with Crippen LogP contribution in [0.25, 0.3) is 0 Å². The molecule has 148 valence electrons. The molecule has 0 spiro atoms. The number of fused-ring (bicyclic) bond motifs is 2. The van der Waals surface area contributed by atoms with Gasteiger partial charge in [0.1, 0.15) is 9.79 Å². The minimum atomic E-state index is -4.90. The summed E-state index contributed by atoms with van der Waals surface area (Å²) in [6, 6.07) is 1.30. The zero-order valence-corrected chi connectivity index (χ0v) is 16.4. The van der Waals surface area contributed by atoms with E-state index in [2.05, 4.69) is 0 Å². The maximum atomic E-state index is 12.9. The Morgan fingerprint density at radius 2 is 1.00 bits per heavy atom. The maximum absolute atomic E-state index is 12.9. The molecule has 0 saturated heterocycles. The van der Waals surface area contributed by atoms with E-state index in [4.69, 9.17) is 34.7 Å². The van der Waals surface area contributed by atoms with Crippen molar-refractivity contribution in [2.24, 2.45) is 0 Å². The van der Waals surface area contributed by atoms with Crippen LogP contribution in [0.15, 0.2) is 21.9 Å². The van der Waals surface area contributed by atoms with E-state index < -0.39 is 85.3 Å². The average Bonchev–Trinajstić information content (AvgIpc) is 2.55. The van der Waals surface area contributed by atoms with Crippen LogP contribution in [0.5, 0.6) is 0 Å². The second-order valence-corrected chi connectivity index (χ2v) is 9.19. The third kappa shape index (κ3) is 2.85. The molecule has 0 amide bonds. The molecule has 0 aromatic heterocycles. The molecule has 28 heavy (non-hydrogen) atoms. The predicted octanol–water partition coefficient (Wildman–Crippen LogP) is 1.43. The minimum Gasteiger partial charge on any atom is -0.396 e. The first-order valence-corrected chi connectivity index (χ1v) is 10.6. The van der Waals surface area contributed by atoms with Crippen LogP contribution in [0.2, 0.25) is 10.0 Å². The first-order valence-electron chi connectivity index (χ1n) is 6.96. The molecule has 2 aromatic rings. The lowest BCUT2D eigenvalue weighted by Gasteiger charge is -2.22. The number of hydrogen-bond acceptors (Lipinski definition) is 8. The summed E-state index contributed by atoms with van der Waals surface area (Å²) in [5.41, 5.74) is 7.61. The number of benzene rings is 2. The van der Waals surface area contributed by atoms with Crippen LogP contribution in [0.3, 0.4) is 0 Å². The number of nitrogens with two attached hydrogens (primary N) is 2. The SMILES string of the molecule is Nc1c(S(=O)(=O)O)cc2c(c1Cl)C(=O)c1cc(S(=O)(=O)O)c(N)c(Cl)c1C2=O. The molecule has 0 unspecified atom stereocenters. The number of ketones is 2. The van der Waals surface area contributed by atoms with Crippen molar-refractivity contribution < 1.29 is 35.5 Å². The summed E-state index contributed by atoms with van der Waals surface area (Å²) in [7, 11) is -9.79. The van der Waals surface area contributed by atoms with Crippen LogP contribution >= 0.6 is 23.2 Å². The first-order chi connectivity index (χ1) is 12.7. The fraction of sp³-hybridized carbons (Fsp3) is 0. The average molecular weight is 467 g/mol. The molecule has 0 saturated carbocycles. The van der Waals surface area contributed by atoms with E-state index in [1.807, 2.05) is 0 Å². The Morgan fingerprint density at radius 1 is 0.714 bits per heavy atom. The van der Waals surface area contributed by atoms with Crippen molar-refractivity contribution in [1.29, 1.82) is 0 Å². The van der Waals surface area contributed by atoms with Crippen LogP contribution in [0.1, 0.15) is 31.8 Å². The van der Waals surface area contributed by atoms with Crippen molar-refractivity contribution in [1.82, 2.24) is 0 Å². The Kier molecular flexibility index (Phi) is 4.50. The van der Waals surface area contributed by atoms with E-state index in [0.29, 0.717) is 12.1 Å². The summed E-state index contributed by atoms with van der Waals surface area (Å²) in [6.07, 6.45) is 0. The van der Waals surface area contributed by atoms with Gasteiger partial charge in [-0.2, -0.15) is 16.8 Å². The number of carbonyl (C=O) groups excluding carboxylic acids is 2. The van der Waals surface area contributed by atoms with E-state index in [-0.39, 0.29) is 0 Å². The number of halogens is 2. The van der Waals surface area contributed by atoms with E-state index >= 15 is 0 Å². The fourth-order valence-electron chi connectivity index (χ4n) is 2.78. The van der Waals surface area contributed by atoms with Crippen LogP contribution in [0.4, 0.5) is 11.4 Å². The Hall–Kier alpha value is -2.22. The molecular weight excluding hydrogens is 459 g/mol. The van der Waals surface area contributed by atoms with Crippen LogP contribution in [-0.4, -0.2) is 37.5 Å². The molecule has 2 aromatic carbocycles. The topological polar surface area (TPSA) is 195 Å². The lowest BCUT2D eigenvalue weighted by molar-refractivity contribution is 0.0979. The lowest BCUT2D eigenvalue weighted by atomic mass is 9.83. The van der Waals surface area contributed by atoms with E-state index in [0.717, 1.165) is 0 Å². The standard InChI is InChI=1S/C14H8Cl2N2O8S2/c15-9-7-3(1-5(11(9)17)27(21,22)23)13(19)8-4(14(7)20)2-6(28(24,25)26)12(18)10(8)16/h1-2H,17-18H2,(H,21,22,23)(H,24,25,26). The summed E-state index contributed by atoms with van der Waals surface area (Å²) < 4.78 is 64.5. The molecule has 0 aliphatic heterocycles. The van der Waals surface area contributed by atoms with Gasteiger partial charge in [0, 0.05) is 11.1 Å². The summed E-state index contributed by atoms with van der Waals surface area (Å²) in [5.74, 6) is -2.04. The van der Waals surface area contributed by atoms with Crippen molar-refractivity contribution in [3.05, 3.63) is 44.4 Å². The van der Waals surface area contributed by atoms with Crippen LogP contribution in [-0.2, 0) is 20.2 Å². The number of anilines is 2. The molecule has 1 aliphatic carbocycles. The van der Waals surface area contributed by atoms with Crippen molar-refractivity contribution in [2.45, 2.75) is 9.79 Å². The van der Waals surface area contributed by atoms with Gasteiger partial charge in [0.05, 0.1) is 32.5 Å². The predicted molar refractivity (Wildman–Crippen MR) is 98.2 cm³/mol. The molecule has 0 atom stereocenters. The molecule has 1 aliphatic rings. The number of nitrogen functional groups attached to an aromatic ring is 2.